The molecule has 4 N–H and O–H groups in total. The summed E-state index contributed by atoms with van der Waals surface area (Å²) >= 11 is 0. The Labute approximate surface area is 60.8 Å². The number of nitrogens with one attached hydrogen (secondary N) is 2. The van der Waals surface area contributed by atoms with Crippen LogP contribution in [0.4, 0.5) is 11.5 Å². The van der Waals surface area contributed by atoms with Gasteiger partial charge in [0.1, 0.15) is 5.82 Å². The second-order valence-corrected chi connectivity index (χ2v) is 1.83. The van der Waals surface area contributed by atoms with Crippen molar-refractivity contribution in [3.63, 3.8) is 0 Å². The van der Waals surface area contributed by atoms with Crippen LogP contribution in [-0.2, 0) is 0 Å². The molecule has 1 heterocycles. The summed E-state index contributed by atoms with van der Waals surface area (Å²) in [5, 5.41) is 0. The van der Waals surface area contributed by atoms with Crippen LogP contribution in [0, 0.1) is 0 Å². The van der Waals surface area contributed by atoms with Gasteiger partial charge in [-0.2, -0.15) is 0 Å². The summed E-state index contributed by atoms with van der Waals surface area (Å²) in [4.78, 5) is 28.8. The maximum atomic E-state index is 10.8. The molecule has 6 nitrogen and oxygen atoms in total. The molecular formula is C5H6N4O2. The molecule has 0 unspecified atom stereocenters. The highest BCUT2D eigenvalue weighted by molar-refractivity contribution is 5.58. The fourth-order valence-corrected chi connectivity index (χ4v) is 0.654. The summed E-state index contributed by atoms with van der Waals surface area (Å²) < 4.78 is 0. The van der Waals surface area contributed by atoms with Crippen LogP contribution in [0.3, 0.4) is 0 Å². The van der Waals surface area contributed by atoms with Gasteiger partial charge >= 0.3 is 5.69 Å². The number of hydrogen-bond acceptors (Lipinski definition) is 4. The molecule has 0 radical (unpaired) electrons. The molecule has 1 aromatic heterocycles. The first-order chi connectivity index (χ1) is 5.15. The van der Waals surface area contributed by atoms with Gasteiger partial charge in [0.25, 0.3) is 5.56 Å². The first kappa shape index (κ1) is 7.26. The third kappa shape index (κ3) is 1.18. The van der Waals surface area contributed by atoms with Crippen LogP contribution in [0.15, 0.2) is 14.6 Å². The van der Waals surface area contributed by atoms with Gasteiger partial charge in [0.05, 0.1) is 0 Å². The second-order valence-electron chi connectivity index (χ2n) is 1.83. The van der Waals surface area contributed by atoms with Gasteiger partial charge in [-0.15, -0.1) is 0 Å². The number of rotatable bonds is 1. The fourth-order valence-electron chi connectivity index (χ4n) is 0.654. The van der Waals surface area contributed by atoms with E-state index in [1.807, 2.05) is 4.98 Å². The van der Waals surface area contributed by atoms with Crippen molar-refractivity contribution in [2.45, 2.75) is 0 Å². The number of aliphatic imine (C=N–C) groups is 1. The predicted molar refractivity (Wildman–Crippen MR) is 41.3 cm³/mol. The molecule has 0 aromatic carbocycles. The van der Waals surface area contributed by atoms with Crippen molar-refractivity contribution in [2.75, 3.05) is 5.73 Å². The van der Waals surface area contributed by atoms with E-state index in [1.165, 1.54) is 0 Å². The maximum Gasteiger partial charge on any atom is 0.327 e. The third-order valence-corrected chi connectivity index (χ3v) is 1.10. The van der Waals surface area contributed by atoms with Crippen LogP contribution in [0.2, 0.25) is 0 Å². The van der Waals surface area contributed by atoms with E-state index in [0.717, 1.165) is 0 Å². The van der Waals surface area contributed by atoms with Gasteiger partial charge in [-0.3, -0.25) is 19.8 Å². The molecule has 0 atom stereocenters. The lowest BCUT2D eigenvalue weighted by molar-refractivity contribution is 1.04. The van der Waals surface area contributed by atoms with E-state index in [9.17, 15) is 9.59 Å². The van der Waals surface area contributed by atoms with E-state index >= 15 is 0 Å². The van der Waals surface area contributed by atoms with Crippen LogP contribution in [0.5, 0.6) is 0 Å². The Balaban J connectivity index is 3.62. The Morgan fingerprint density at radius 1 is 1.36 bits per heavy atom. The van der Waals surface area contributed by atoms with Crippen LogP contribution in [0.25, 0.3) is 0 Å². The molecule has 6 heteroatoms. The Morgan fingerprint density at radius 2 is 2.00 bits per heavy atom. The monoisotopic (exact) mass is 154 g/mol. The Morgan fingerprint density at radius 3 is 2.45 bits per heavy atom. The highest BCUT2D eigenvalue weighted by atomic mass is 16.2. The number of anilines is 1. The third-order valence-electron chi connectivity index (χ3n) is 1.10. The summed E-state index contributed by atoms with van der Waals surface area (Å²) in [5.41, 5.74) is 3.87. The molecule has 0 fully saturated rings. The Hall–Kier alpha value is -1.85. The van der Waals surface area contributed by atoms with Crippen molar-refractivity contribution < 1.29 is 0 Å². The molecule has 58 valence electrons. The minimum atomic E-state index is -0.653. The molecule has 0 amide bonds. The quantitative estimate of drug-likeness (QED) is 0.451. The minimum Gasteiger partial charge on any atom is -0.383 e. The minimum absolute atomic E-state index is 0.0652. The number of aromatic nitrogens is 2. The summed E-state index contributed by atoms with van der Waals surface area (Å²) in [6.45, 7) is 3.11. The molecule has 0 saturated heterocycles. The van der Waals surface area contributed by atoms with Crippen molar-refractivity contribution >= 4 is 18.2 Å². The van der Waals surface area contributed by atoms with Crippen LogP contribution in [0.1, 0.15) is 0 Å². The average molecular weight is 154 g/mol. The van der Waals surface area contributed by atoms with E-state index in [-0.39, 0.29) is 11.5 Å². The molecular weight excluding hydrogens is 148 g/mol. The molecule has 1 rings (SSSR count). The number of hydrogen-bond donors (Lipinski definition) is 3. The number of nitrogens with zero attached hydrogens (tertiary/aromatic N) is 1. The molecule has 0 aliphatic heterocycles. The van der Waals surface area contributed by atoms with Crippen LogP contribution >= 0.6 is 0 Å². The molecule has 0 spiro atoms. The first-order valence-corrected chi connectivity index (χ1v) is 2.74. The van der Waals surface area contributed by atoms with Gasteiger partial charge in [0.15, 0.2) is 5.69 Å². The second kappa shape index (κ2) is 2.41. The van der Waals surface area contributed by atoms with E-state index in [4.69, 9.17) is 5.73 Å². The molecule has 0 bridgehead atoms. The SMILES string of the molecule is C=Nc1c(N)[nH]c(=O)[nH]c1=O. The van der Waals surface area contributed by atoms with Gasteiger partial charge in [0.2, 0.25) is 0 Å². The zero-order valence-corrected chi connectivity index (χ0v) is 5.55. The van der Waals surface area contributed by atoms with E-state index in [0.29, 0.717) is 0 Å². The van der Waals surface area contributed by atoms with Crippen LogP contribution in [-0.4, -0.2) is 16.7 Å². The van der Waals surface area contributed by atoms with Crippen molar-refractivity contribution in [1.82, 2.24) is 9.97 Å². The number of nitrogen functional groups attached to an aromatic ring is 1. The zero-order chi connectivity index (χ0) is 8.43. The van der Waals surface area contributed by atoms with Gasteiger partial charge in [0, 0.05) is 0 Å². The van der Waals surface area contributed by atoms with Crippen molar-refractivity contribution in [3.8, 4) is 0 Å². The zero-order valence-electron chi connectivity index (χ0n) is 5.55. The summed E-state index contributed by atoms with van der Waals surface area (Å²) in [7, 11) is 0. The topological polar surface area (TPSA) is 104 Å². The predicted octanol–water partition coefficient (Wildman–Crippen LogP) is -1.02. The number of H-pyrrole nitrogens is 2. The normalized spacial score (nSPS) is 9.45. The molecule has 11 heavy (non-hydrogen) atoms. The van der Waals surface area contributed by atoms with Gasteiger partial charge < -0.3 is 5.73 Å². The fraction of sp³-hybridized carbons (Fsp3) is 0. The lowest BCUT2D eigenvalue weighted by atomic mass is 10.5. The average Bonchev–Trinajstić information content (AvgIpc) is 1.85. The maximum absolute atomic E-state index is 10.8. The van der Waals surface area contributed by atoms with Crippen molar-refractivity contribution in [3.05, 3.63) is 20.8 Å². The first-order valence-electron chi connectivity index (χ1n) is 2.74. The molecule has 0 aliphatic rings. The van der Waals surface area contributed by atoms with Gasteiger partial charge in [-0.05, 0) is 6.72 Å². The highest BCUT2D eigenvalue weighted by Crippen LogP contribution is 2.07. The van der Waals surface area contributed by atoms with Crippen molar-refractivity contribution in [2.24, 2.45) is 4.99 Å². The highest BCUT2D eigenvalue weighted by Gasteiger charge is 2.01. The van der Waals surface area contributed by atoms with E-state index in [1.54, 1.807) is 0 Å². The molecule has 0 aliphatic carbocycles. The van der Waals surface area contributed by atoms with Crippen molar-refractivity contribution in [1.29, 1.82) is 0 Å². The molecule has 0 saturated carbocycles. The lowest BCUT2D eigenvalue weighted by Crippen LogP contribution is -2.23. The Bertz CT molecular complexity index is 388. The summed E-state index contributed by atoms with van der Waals surface area (Å²) in [6.07, 6.45) is 0. The largest absolute Gasteiger partial charge is 0.383 e. The lowest BCUT2D eigenvalue weighted by Gasteiger charge is -1.94. The Kier molecular flexibility index (Phi) is 1.59. The van der Waals surface area contributed by atoms with Gasteiger partial charge in [-0.1, -0.05) is 0 Å². The summed E-state index contributed by atoms with van der Waals surface area (Å²) in [6, 6.07) is 0. The smallest absolute Gasteiger partial charge is 0.327 e. The van der Waals surface area contributed by atoms with Crippen LogP contribution < -0.4 is 17.0 Å². The summed E-state index contributed by atoms with van der Waals surface area (Å²) in [5.74, 6) is -0.0752. The standard InChI is InChI=1S/C5H6N4O2/c1-7-2-3(6)8-5(11)9-4(2)10/h1H2,(H4,6,8,9,10,11). The van der Waals surface area contributed by atoms with Gasteiger partial charge in [-0.25, -0.2) is 4.79 Å². The number of nitrogens with two attached hydrogens (primary N) is 1. The number of aromatic amines is 2. The molecule has 1 aromatic rings. The van der Waals surface area contributed by atoms with E-state index in [2.05, 4.69) is 16.7 Å². The van der Waals surface area contributed by atoms with E-state index < -0.39 is 11.2 Å².